The second-order valence-electron chi connectivity index (χ2n) is 8.35. The monoisotopic (exact) mass is 594 g/mol. The number of sulfone groups is 1. The maximum atomic E-state index is 13.4. The van der Waals surface area contributed by atoms with E-state index in [1.807, 2.05) is 0 Å². The molecule has 220 valence electrons. The van der Waals surface area contributed by atoms with Gasteiger partial charge in [0.1, 0.15) is 27.9 Å². The molecule has 0 N–H and O–H groups in total. The van der Waals surface area contributed by atoms with Crippen molar-refractivity contribution in [3.63, 3.8) is 0 Å². The van der Waals surface area contributed by atoms with Crippen molar-refractivity contribution < 1.29 is 65.6 Å². The SMILES string of the molecule is COC(=O)c1cc(OC(C)=O)cc(C(c2cc(OC(C)=O)cc(C(=O)OC)c2OC(C)=O)S(C)(=O)=O)c1OC(C)=O. The molecule has 0 unspecified atom stereocenters. The fraction of sp³-hybridized carbons (Fsp3) is 0.308. The Morgan fingerprint density at radius 3 is 1.15 bits per heavy atom. The second kappa shape index (κ2) is 13.0. The van der Waals surface area contributed by atoms with Gasteiger partial charge in [0.15, 0.2) is 21.3 Å². The fourth-order valence-electron chi connectivity index (χ4n) is 3.75. The van der Waals surface area contributed by atoms with Gasteiger partial charge in [-0.1, -0.05) is 0 Å². The molecule has 0 aliphatic rings. The number of benzene rings is 2. The van der Waals surface area contributed by atoms with Crippen molar-refractivity contribution in [1.29, 1.82) is 0 Å². The summed E-state index contributed by atoms with van der Waals surface area (Å²) in [5, 5.41) is -2.01. The third-order valence-corrected chi connectivity index (χ3v) is 6.36. The minimum absolute atomic E-state index is 0.351. The highest BCUT2D eigenvalue weighted by atomic mass is 32.2. The molecule has 2 aromatic carbocycles. The second-order valence-corrected chi connectivity index (χ2v) is 10.5. The first-order chi connectivity index (χ1) is 19.0. The number of rotatable bonds is 9. The Morgan fingerprint density at radius 2 is 0.902 bits per heavy atom. The predicted octanol–water partition coefficient (Wildman–Crippen LogP) is 2.09. The van der Waals surface area contributed by atoms with E-state index >= 15 is 0 Å². The maximum Gasteiger partial charge on any atom is 0.341 e. The molecule has 0 amide bonds. The van der Waals surface area contributed by atoms with Crippen molar-refractivity contribution in [3.05, 3.63) is 46.5 Å². The maximum absolute atomic E-state index is 13.4. The number of hydrogen-bond acceptors (Lipinski definition) is 14. The van der Waals surface area contributed by atoms with Crippen LogP contribution in [0.15, 0.2) is 24.3 Å². The molecule has 0 radical (unpaired) electrons. The summed E-state index contributed by atoms with van der Waals surface area (Å²) >= 11 is 0. The molecule has 0 atom stereocenters. The largest absolute Gasteiger partial charge is 0.465 e. The zero-order chi connectivity index (χ0) is 31.2. The first kappa shape index (κ1) is 32.4. The van der Waals surface area contributed by atoms with E-state index in [-0.39, 0.29) is 11.5 Å². The van der Waals surface area contributed by atoms with Crippen LogP contribution < -0.4 is 18.9 Å². The average molecular weight is 595 g/mol. The first-order valence-corrected chi connectivity index (χ1v) is 13.4. The molecule has 0 spiro atoms. The Kier molecular flexibility index (Phi) is 10.3. The summed E-state index contributed by atoms with van der Waals surface area (Å²) in [6.07, 6.45) is 0.749. The van der Waals surface area contributed by atoms with E-state index in [0.29, 0.717) is 0 Å². The van der Waals surface area contributed by atoms with Crippen molar-refractivity contribution in [2.75, 3.05) is 20.5 Å². The van der Waals surface area contributed by atoms with E-state index in [1.165, 1.54) is 0 Å². The minimum atomic E-state index is -4.44. The lowest BCUT2D eigenvalue weighted by atomic mass is 9.96. The number of ether oxygens (including phenoxy) is 6. The highest BCUT2D eigenvalue weighted by Gasteiger charge is 2.37. The molecule has 15 heteroatoms. The number of methoxy groups -OCH3 is 2. The topological polar surface area (TPSA) is 192 Å². The molecule has 0 bridgehead atoms. The lowest BCUT2D eigenvalue weighted by molar-refractivity contribution is -0.133. The molecule has 0 aromatic heterocycles. The Hall–Kier alpha value is -4.79. The van der Waals surface area contributed by atoms with Gasteiger partial charge in [0, 0.05) is 45.1 Å². The number of hydrogen-bond donors (Lipinski definition) is 0. The molecule has 0 heterocycles. The van der Waals surface area contributed by atoms with Crippen molar-refractivity contribution in [2.24, 2.45) is 0 Å². The van der Waals surface area contributed by atoms with E-state index in [9.17, 15) is 37.2 Å². The average Bonchev–Trinajstić information content (AvgIpc) is 2.83. The van der Waals surface area contributed by atoms with Crippen LogP contribution in [0.4, 0.5) is 0 Å². The molecule has 41 heavy (non-hydrogen) atoms. The molecule has 0 fully saturated rings. The van der Waals surface area contributed by atoms with Crippen molar-refractivity contribution in [3.8, 4) is 23.0 Å². The molecule has 2 rings (SSSR count). The van der Waals surface area contributed by atoms with Gasteiger partial charge in [0.05, 0.1) is 14.2 Å². The third-order valence-electron chi connectivity index (χ3n) is 5.00. The van der Waals surface area contributed by atoms with Crippen LogP contribution in [0.2, 0.25) is 0 Å². The molecule has 0 aliphatic carbocycles. The van der Waals surface area contributed by atoms with Gasteiger partial charge in [-0.05, 0) is 24.3 Å². The molecule has 0 saturated carbocycles. The van der Waals surface area contributed by atoms with Gasteiger partial charge in [-0.2, -0.15) is 0 Å². The predicted molar refractivity (Wildman–Crippen MR) is 137 cm³/mol. The highest BCUT2D eigenvalue weighted by molar-refractivity contribution is 7.91. The van der Waals surface area contributed by atoms with Crippen LogP contribution in [0.5, 0.6) is 23.0 Å². The van der Waals surface area contributed by atoms with Gasteiger partial charge in [0.2, 0.25) is 0 Å². The zero-order valence-electron chi connectivity index (χ0n) is 23.0. The minimum Gasteiger partial charge on any atom is -0.465 e. The molecular formula is C26H26O14S. The zero-order valence-corrected chi connectivity index (χ0v) is 23.8. The van der Waals surface area contributed by atoms with Crippen LogP contribution in [-0.4, -0.2) is 64.7 Å². The van der Waals surface area contributed by atoms with E-state index in [0.717, 1.165) is 72.4 Å². The van der Waals surface area contributed by atoms with Crippen LogP contribution in [-0.2, 0) is 38.5 Å². The van der Waals surface area contributed by atoms with Gasteiger partial charge in [0.25, 0.3) is 0 Å². The van der Waals surface area contributed by atoms with Gasteiger partial charge < -0.3 is 28.4 Å². The molecule has 0 aliphatic heterocycles. The van der Waals surface area contributed by atoms with E-state index < -0.39 is 84.7 Å². The molecule has 0 saturated heterocycles. The van der Waals surface area contributed by atoms with Crippen molar-refractivity contribution in [1.82, 2.24) is 0 Å². The Bertz CT molecular complexity index is 1440. The fourth-order valence-corrected chi connectivity index (χ4v) is 5.03. The molecule has 2 aromatic rings. The summed E-state index contributed by atoms with van der Waals surface area (Å²) in [5.41, 5.74) is -1.95. The highest BCUT2D eigenvalue weighted by Crippen LogP contribution is 2.46. The van der Waals surface area contributed by atoms with E-state index in [2.05, 4.69) is 0 Å². The standard InChI is InChI=1S/C26H26O14S/c1-12(27)37-16-8-18(22(39-14(3)29)20(10-16)25(31)35-5)24(41(7,33)34)19-9-17(38-13(2)28)11-21(26(32)36-6)23(19)40-15(4)30/h8-11,24H,1-7H3. The van der Waals surface area contributed by atoms with E-state index in [1.54, 1.807) is 0 Å². The Balaban J connectivity index is 3.24. The van der Waals surface area contributed by atoms with Crippen LogP contribution >= 0.6 is 0 Å². The smallest absolute Gasteiger partial charge is 0.341 e. The van der Waals surface area contributed by atoms with Gasteiger partial charge in [-0.3, -0.25) is 19.2 Å². The summed E-state index contributed by atoms with van der Waals surface area (Å²) in [6, 6.07) is 3.95. The van der Waals surface area contributed by atoms with Crippen LogP contribution in [0.25, 0.3) is 0 Å². The van der Waals surface area contributed by atoms with Gasteiger partial charge in [-0.25, -0.2) is 18.0 Å². The summed E-state index contributed by atoms with van der Waals surface area (Å²) in [5.74, 6) is -7.79. The number of carbonyl (C=O) groups excluding carboxylic acids is 6. The van der Waals surface area contributed by atoms with Gasteiger partial charge in [-0.15, -0.1) is 0 Å². The summed E-state index contributed by atoms with van der Waals surface area (Å²) in [7, 11) is -2.45. The van der Waals surface area contributed by atoms with Gasteiger partial charge >= 0.3 is 35.8 Å². The number of esters is 6. The van der Waals surface area contributed by atoms with Crippen LogP contribution in [0, 0.1) is 0 Å². The first-order valence-electron chi connectivity index (χ1n) is 11.4. The van der Waals surface area contributed by atoms with Crippen molar-refractivity contribution >= 4 is 45.7 Å². The lowest BCUT2D eigenvalue weighted by Gasteiger charge is -2.24. The van der Waals surface area contributed by atoms with Crippen LogP contribution in [0.1, 0.15) is 64.8 Å². The summed E-state index contributed by atoms with van der Waals surface area (Å²) in [4.78, 5) is 73.0. The normalized spacial score (nSPS) is 10.8. The molecule has 14 nitrogen and oxygen atoms in total. The third kappa shape index (κ3) is 8.11. The quantitative estimate of drug-likeness (QED) is 0.303. The van der Waals surface area contributed by atoms with E-state index in [4.69, 9.17) is 28.4 Å². The van der Waals surface area contributed by atoms with Crippen molar-refractivity contribution in [2.45, 2.75) is 32.9 Å². The summed E-state index contributed by atoms with van der Waals surface area (Å²) < 4.78 is 57.0. The molecular weight excluding hydrogens is 568 g/mol. The lowest BCUT2D eigenvalue weighted by Crippen LogP contribution is -2.21. The van der Waals surface area contributed by atoms with Crippen LogP contribution in [0.3, 0.4) is 0 Å². The Morgan fingerprint density at radius 1 is 0.585 bits per heavy atom. The number of carbonyl (C=O) groups is 6. The summed E-state index contributed by atoms with van der Waals surface area (Å²) in [6.45, 7) is 4.02. The Labute approximate surface area is 234 Å².